The van der Waals surface area contributed by atoms with Gasteiger partial charge in [0.25, 0.3) is 0 Å². The van der Waals surface area contributed by atoms with Crippen LogP contribution in [0.3, 0.4) is 0 Å². The molecule has 4 heteroatoms. The van der Waals surface area contributed by atoms with Crippen molar-refractivity contribution in [1.29, 1.82) is 0 Å². The lowest BCUT2D eigenvalue weighted by Crippen LogP contribution is -2.12. The first-order valence-electron chi connectivity index (χ1n) is 4.02. The van der Waals surface area contributed by atoms with E-state index in [1.54, 1.807) is 6.92 Å². The van der Waals surface area contributed by atoms with Crippen molar-refractivity contribution in [2.45, 2.75) is 11.8 Å². The summed E-state index contributed by atoms with van der Waals surface area (Å²) < 4.78 is 0. The molecular formula is C10H9BrO3. The molecule has 3 nitrogen and oxygen atoms in total. The topological polar surface area (TPSA) is 54.4 Å². The largest absolute Gasteiger partial charge is 0.508 e. The fourth-order valence-electron chi connectivity index (χ4n) is 1.09. The minimum absolute atomic E-state index is 0.0223. The van der Waals surface area contributed by atoms with Gasteiger partial charge in [0.05, 0.1) is 4.83 Å². The molecule has 1 N–H and O–H groups in total. The van der Waals surface area contributed by atoms with Crippen LogP contribution in [0.15, 0.2) is 18.2 Å². The molecule has 0 radical (unpaired) electrons. The number of halogens is 1. The van der Waals surface area contributed by atoms with Crippen molar-refractivity contribution in [3.63, 3.8) is 0 Å². The monoisotopic (exact) mass is 256 g/mol. The molecule has 1 unspecified atom stereocenters. The molecule has 1 aromatic carbocycles. The van der Waals surface area contributed by atoms with Gasteiger partial charge in [0, 0.05) is 11.1 Å². The van der Waals surface area contributed by atoms with E-state index in [-0.39, 0.29) is 21.9 Å². The van der Waals surface area contributed by atoms with Gasteiger partial charge in [-0.25, -0.2) is 0 Å². The Labute approximate surface area is 89.9 Å². The van der Waals surface area contributed by atoms with Gasteiger partial charge in [0.1, 0.15) is 5.75 Å². The molecular weight excluding hydrogens is 248 g/mol. The fraction of sp³-hybridized carbons (Fsp3) is 0.200. The predicted molar refractivity (Wildman–Crippen MR) is 56.2 cm³/mol. The van der Waals surface area contributed by atoms with Crippen LogP contribution < -0.4 is 0 Å². The lowest BCUT2D eigenvalue weighted by atomic mass is 10.0. The van der Waals surface area contributed by atoms with E-state index in [0.29, 0.717) is 11.8 Å². The molecule has 1 aromatic rings. The number of alkyl halides is 1. The van der Waals surface area contributed by atoms with Crippen molar-refractivity contribution < 1.29 is 14.7 Å². The van der Waals surface area contributed by atoms with E-state index in [4.69, 9.17) is 5.11 Å². The fourth-order valence-corrected chi connectivity index (χ4v) is 1.33. The Kier molecular flexibility index (Phi) is 3.41. The highest BCUT2D eigenvalue weighted by Crippen LogP contribution is 2.18. The number of aldehydes is 1. The van der Waals surface area contributed by atoms with E-state index in [9.17, 15) is 9.59 Å². The minimum Gasteiger partial charge on any atom is -0.508 e. The zero-order valence-electron chi connectivity index (χ0n) is 7.53. The Morgan fingerprint density at radius 1 is 1.57 bits per heavy atom. The summed E-state index contributed by atoms with van der Waals surface area (Å²) in [7, 11) is 0. The van der Waals surface area contributed by atoms with Crippen LogP contribution in [0.2, 0.25) is 0 Å². The maximum Gasteiger partial charge on any atom is 0.176 e. The lowest BCUT2D eigenvalue weighted by Gasteiger charge is -2.05. The van der Waals surface area contributed by atoms with E-state index in [2.05, 4.69) is 15.9 Å². The van der Waals surface area contributed by atoms with E-state index < -0.39 is 0 Å². The van der Waals surface area contributed by atoms with E-state index in [0.717, 1.165) is 0 Å². The number of hydrogen-bond donors (Lipinski definition) is 1. The summed E-state index contributed by atoms with van der Waals surface area (Å²) in [6.07, 6.45) is 0.558. The molecule has 1 atom stereocenters. The van der Waals surface area contributed by atoms with Crippen molar-refractivity contribution in [2.75, 3.05) is 0 Å². The third-order valence-electron chi connectivity index (χ3n) is 1.79. The summed E-state index contributed by atoms with van der Waals surface area (Å²) in [6, 6.07) is 4.10. The van der Waals surface area contributed by atoms with E-state index in [1.165, 1.54) is 18.2 Å². The summed E-state index contributed by atoms with van der Waals surface area (Å²) in [5.74, 6) is -0.196. The van der Waals surface area contributed by atoms with Crippen LogP contribution in [0.1, 0.15) is 27.6 Å². The second-order valence-electron chi connectivity index (χ2n) is 2.87. The minimum atomic E-state index is -0.342. The number of Topliss-reactive ketones (excluding diaryl/α,β-unsaturated/α-hetero) is 1. The zero-order valence-corrected chi connectivity index (χ0v) is 9.11. The summed E-state index contributed by atoms with van der Waals surface area (Å²) in [6.45, 7) is 1.68. The molecule has 0 aliphatic heterocycles. The van der Waals surface area contributed by atoms with Crippen molar-refractivity contribution >= 4 is 28.0 Å². The van der Waals surface area contributed by atoms with Gasteiger partial charge in [-0.15, -0.1) is 0 Å². The number of benzene rings is 1. The summed E-state index contributed by atoms with van der Waals surface area (Å²) >= 11 is 3.13. The smallest absolute Gasteiger partial charge is 0.176 e. The number of phenols is 1. The van der Waals surface area contributed by atoms with Crippen molar-refractivity contribution in [3.05, 3.63) is 29.3 Å². The maximum atomic E-state index is 11.5. The third-order valence-corrected chi connectivity index (χ3v) is 2.20. The first-order valence-corrected chi connectivity index (χ1v) is 4.94. The average Bonchev–Trinajstić information content (AvgIpc) is 2.16. The number of carbonyl (C=O) groups is 2. The van der Waals surface area contributed by atoms with Gasteiger partial charge >= 0.3 is 0 Å². The number of rotatable bonds is 3. The molecule has 1 rings (SSSR count). The molecule has 0 amide bonds. The van der Waals surface area contributed by atoms with Gasteiger partial charge in [-0.2, -0.15) is 0 Å². The van der Waals surface area contributed by atoms with Crippen molar-refractivity contribution in [2.24, 2.45) is 0 Å². The number of ketones is 1. The van der Waals surface area contributed by atoms with Crippen LogP contribution in [0.5, 0.6) is 5.75 Å². The molecule has 0 saturated heterocycles. The molecule has 14 heavy (non-hydrogen) atoms. The summed E-state index contributed by atoms with van der Waals surface area (Å²) in [4.78, 5) is 21.8. The first kappa shape index (κ1) is 10.9. The molecule has 0 fully saturated rings. The number of aromatic hydroxyl groups is 1. The maximum absolute atomic E-state index is 11.5. The van der Waals surface area contributed by atoms with Crippen LogP contribution in [-0.2, 0) is 0 Å². The van der Waals surface area contributed by atoms with Gasteiger partial charge in [-0.3, -0.25) is 9.59 Å². The lowest BCUT2D eigenvalue weighted by molar-refractivity contribution is 0.0989. The normalized spacial score (nSPS) is 12.1. The summed E-state index contributed by atoms with van der Waals surface area (Å²) in [5, 5.41) is 9.11. The van der Waals surface area contributed by atoms with Crippen LogP contribution in [-0.4, -0.2) is 22.0 Å². The molecule has 0 aliphatic carbocycles. The Balaban J connectivity index is 3.20. The second-order valence-corrected chi connectivity index (χ2v) is 4.24. The predicted octanol–water partition coefficient (Wildman–Crippen LogP) is 2.17. The number of carbonyl (C=O) groups excluding carboxylic acids is 2. The highest BCUT2D eigenvalue weighted by atomic mass is 79.9. The van der Waals surface area contributed by atoms with Gasteiger partial charge in [-0.1, -0.05) is 15.9 Å². The van der Waals surface area contributed by atoms with Crippen molar-refractivity contribution in [3.8, 4) is 5.75 Å². The van der Waals surface area contributed by atoms with E-state index >= 15 is 0 Å². The molecule has 0 bridgehead atoms. The summed E-state index contributed by atoms with van der Waals surface area (Å²) in [5.41, 5.74) is 0.531. The number of hydrogen-bond acceptors (Lipinski definition) is 3. The molecule has 0 heterocycles. The SMILES string of the molecule is CC(Br)C(=O)c1ccc(O)cc1C=O. The van der Waals surface area contributed by atoms with Crippen molar-refractivity contribution in [1.82, 2.24) is 0 Å². The molecule has 74 valence electrons. The second kappa shape index (κ2) is 4.37. The van der Waals surface area contributed by atoms with Gasteiger partial charge in [0.2, 0.25) is 0 Å². The Morgan fingerprint density at radius 2 is 2.21 bits per heavy atom. The third kappa shape index (κ3) is 2.20. The highest BCUT2D eigenvalue weighted by molar-refractivity contribution is 9.10. The molecule has 0 aromatic heterocycles. The van der Waals surface area contributed by atoms with Crippen LogP contribution in [0.4, 0.5) is 0 Å². The zero-order chi connectivity index (χ0) is 10.7. The van der Waals surface area contributed by atoms with Crippen LogP contribution in [0.25, 0.3) is 0 Å². The van der Waals surface area contributed by atoms with Crippen LogP contribution in [0, 0.1) is 0 Å². The standard InChI is InChI=1S/C10H9BrO3/c1-6(11)10(14)9-3-2-8(13)4-7(9)5-12/h2-6,13H,1H3. The first-order chi connectivity index (χ1) is 6.56. The van der Waals surface area contributed by atoms with Gasteiger partial charge in [-0.05, 0) is 25.1 Å². The molecule has 0 saturated carbocycles. The molecule has 0 spiro atoms. The number of phenolic OH excluding ortho intramolecular Hbond substituents is 1. The van der Waals surface area contributed by atoms with Crippen LogP contribution >= 0.6 is 15.9 Å². The Morgan fingerprint density at radius 3 is 2.71 bits per heavy atom. The van der Waals surface area contributed by atoms with Gasteiger partial charge in [0.15, 0.2) is 12.1 Å². The quantitative estimate of drug-likeness (QED) is 0.513. The van der Waals surface area contributed by atoms with E-state index in [1.807, 2.05) is 0 Å². The van der Waals surface area contributed by atoms with Gasteiger partial charge < -0.3 is 5.11 Å². The molecule has 0 aliphatic rings. The highest BCUT2D eigenvalue weighted by Gasteiger charge is 2.15. The Bertz CT molecular complexity index is 372. The average molecular weight is 257 g/mol. The Hall–Kier alpha value is -1.16.